The molecule has 7 nitrogen and oxygen atoms in total. The zero-order valence-electron chi connectivity index (χ0n) is 13.4. The van der Waals surface area contributed by atoms with E-state index in [4.69, 9.17) is 15.1 Å². The monoisotopic (exact) mass is 321 g/mol. The zero-order valence-corrected chi connectivity index (χ0v) is 13.4. The summed E-state index contributed by atoms with van der Waals surface area (Å²) in [4.78, 5) is 20.9. The lowest BCUT2D eigenvalue weighted by Gasteiger charge is -2.16. The Hall–Kier alpha value is -2.59. The first-order chi connectivity index (χ1) is 11.0. The summed E-state index contributed by atoms with van der Waals surface area (Å²) < 4.78 is 4.97. The second-order valence-corrected chi connectivity index (χ2v) is 4.55. The highest BCUT2D eigenvalue weighted by molar-refractivity contribution is 5.79. The Labute approximate surface area is 136 Å². The lowest BCUT2D eigenvalue weighted by molar-refractivity contribution is -0.144. The van der Waals surface area contributed by atoms with Gasteiger partial charge in [-0.25, -0.2) is 4.79 Å². The third-order valence-corrected chi connectivity index (χ3v) is 2.76. The van der Waals surface area contributed by atoms with Crippen LogP contribution in [-0.2, 0) is 20.7 Å². The van der Waals surface area contributed by atoms with Gasteiger partial charge in [-0.05, 0) is 25.0 Å². The van der Waals surface area contributed by atoms with Gasteiger partial charge >= 0.3 is 11.9 Å². The minimum atomic E-state index is -0.968. The molecule has 0 fully saturated rings. The van der Waals surface area contributed by atoms with Crippen LogP contribution >= 0.6 is 0 Å². The van der Waals surface area contributed by atoms with Crippen molar-refractivity contribution in [3.05, 3.63) is 29.8 Å². The second kappa shape index (κ2) is 12.0. The number of hydrogen-bond acceptors (Lipinski definition) is 6. The van der Waals surface area contributed by atoms with Gasteiger partial charge in [-0.15, -0.1) is 0 Å². The number of nitriles is 1. The number of esters is 1. The molecule has 1 atom stereocenters. The normalized spacial score (nSPS) is 10.5. The Bertz CT molecular complexity index is 540. The summed E-state index contributed by atoms with van der Waals surface area (Å²) >= 11 is 0. The molecule has 0 aliphatic heterocycles. The van der Waals surface area contributed by atoms with Gasteiger partial charge in [-0.2, -0.15) is 5.26 Å². The number of hydrogen-bond donors (Lipinski definition) is 3. The molecule has 0 aliphatic rings. The summed E-state index contributed by atoms with van der Waals surface area (Å²) in [5, 5.41) is 19.1. The van der Waals surface area contributed by atoms with Gasteiger partial charge in [0.15, 0.2) is 0 Å². The maximum Gasteiger partial charge on any atom is 0.328 e. The van der Waals surface area contributed by atoms with E-state index in [2.05, 4.69) is 18.0 Å². The first-order valence-corrected chi connectivity index (χ1v) is 7.26. The number of nitrogens with zero attached hydrogens (tertiary/aromatic N) is 1. The van der Waals surface area contributed by atoms with Crippen LogP contribution in [-0.4, -0.2) is 36.2 Å². The van der Waals surface area contributed by atoms with Gasteiger partial charge in [0.25, 0.3) is 0 Å². The molecule has 4 N–H and O–H groups in total. The van der Waals surface area contributed by atoms with Crippen LogP contribution < -0.4 is 11.1 Å². The van der Waals surface area contributed by atoms with E-state index in [-0.39, 0.29) is 25.5 Å². The number of carbonyl (C=O) groups is 2. The van der Waals surface area contributed by atoms with Crippen molar-refractivity contribution in [2.75, 3.05) is 18.5 Å². The smallest absolute Gasteiger partial charge is 0.328 e. The van der Waals surface area contributed by atoms with Crippen LogP contribution in [0.2, 0.25) is 0 Å². The van der Waals surface area contributed by atoms with E-state index in [0.717, 1.165) is 17.7 Å². The number of carbonyl (C=O) groups excluding carboxylic acids is 1. The molecule has 0 aromatic heterocycles. The molecular formula is C16H23N3O4. The standard InChI is InChI=1S/C14H18N2O2.C2H5NO2/c1-3-12-7-4-5-8-13(12)16-11(2)14(17)18-10-6-9-15;3-1-2(4)5/h4-5,7-8,11,16H,3,6,10H2,1-2H3;1,3H2,(H,4,5)/t11-;/m0./s1. The molecule has 1 rings (SSSR count). The highest BCUT2D eigenvalue weighted by Crippen LogP contribution is 2.16. The van der Waals surface area contributed by atoms with E-state index in [9.17, 15) is 9.59 Å². The fraction of sp³-hybridized carbons (Fsp3) is 0.438. The van der Waals surface area contributed by atoms with Crippen LogP contribution in [0.1, 0.15) is 25.8 Å². The summed E-state index contributed by atoms with van der Waals surface area (Å²) in [7, 11) is 0. The van der Waals surface area contributed by atoms with Crippen molar-refractivity contribution in [3.8, 4) is 6.07 Å². The van der Waals surface area contributed by atoms with Gasteiger partial charge in [0.2, 0.25) is 0 Å². The molecule has 0 aliphatic carbocycles. The summed E-state index contributed by atoms with van der Waals surface area (Å²) in [5.74, 6) is -1.30. The van der Waals surface area contributed by atoms with Crippen molar-refractivity contribution >= 4 is 17.6 Å². The highest BCUT2D eigenvalue weighted by atomic mass is 16.5. The fourth-order valence-electron chi connectivity index (χ4n) is 1.58. The highest BCUT2D eigenvalue weighted by Gasteiger charge is 2.14. The van der Waals surface area contributed by atoms with E-state index in [1.807, 2.05) is 30.3 Å². The average molecular weight is 321 g/mol. The number of nitrogens with two attached hydrogens (primary N) is 1. The number of nitrogens with one attached hydrogen (secondary N) is 1. The van der Waals surface area contributed by atoms with Crippen molar-refractivity contribution in [3.63, 3.8) is 0 Å². The number of aliphatic carboxylic acids is 1. The van der Waals surface area contributed by atoms with Crippen molar-refractivity contribution in [2.24, 2.45) is 5.73 Å². The molecule has 0 heterocycles. The molecule has 0 amide bonds. The molecule has 0 unspecified atom stereocenters. The van der Waals surface area contributed by atoms with Crippen molar-refractivity contribution < 1.29 is 19.4 Å². The first kappa shape index (κ1) is 20.4. The number of anilines is 1. The van der Waals surface area contributed by atoms with Gasteiger partial charge in [-0.1, -0.05) is 25.1 Å². The molecule has 0 radical (unpaired) electrons. The third-order valence-electron chi connectivity index (χ3n) is 2.76. The average Bonchev–Trinajstić information content (AvgIpc) is 2.55. The van der Waals surface area contributed by atoms with Crippen molar-refractivity contribution in [1.29, 1.82) is 5.26 Å². The molecule has 23 heavy (non-hydrogen) atoms. The number of benzene rings is 1. The Morgan fingerprint density at radius 2 is 2.04 bits per heavy atom. The van der Waals surface area contributed by atoms with Gasteiger partial charge in [0, 0.05) is 5.69 Å². The van der Waals surface area contributed by atoms with Gasteiger partial charge < -0.3 is 20.9 Å². The van der Waals surface area contributed by atoms with Gasteiger partial charge in [0.05, 0.1) is 19.0 Å². The second-order valence-electron chi connectivity index (χ2n) is 4.55. The zero-order chi connectivity index (χ0) is 17.7. The van der Waals surface area contributed by atoms with Gasteiger partial charge in [0.1, 0.15) is 12.6 Å². The largest absolute Gasteiger partial charge is 0.480 e. The number of para-hydroxylation sites is 1. The Balaban J connectivity index is 0.000000841. The maximum atomic E-state index is 11.6. The molecule has 0 bridgehead atoms. The summed E-state index contributed by atoms with van der Waals surface area (Å²) in [6, 6.07) is 9.38. The summed E-state index contributed by atoms with van der Waals surface area (Å²) in [6.45, 7) is 3.69. The number of aryl methyl sites for hydroxylation is 1. The summed E-state index contributed by atoms with van der Waals surface area (Å²) in [5.41, 5.74) is 6.68. The lowest BCUT2D eigenvalue weighted by atomic mass is 10.1. The molecule has 0 spiro atoms. The van der Waals surface area contributed by atoms with E-state index < -0.39 is 12.0 Å². The minimum Gasteiger partial charge on any atom is -0.480 e. The SMILES string of the molecule is CCc1ccccc1N[C@@H](C)C(=O)OCCC#N.NCC(=O)O. The predicted octanol–water partition coefficient (Wildman–Crippen LogP) is 1.54. The minimum absolute atomic E-state index is 0.150. The van der Waals surface area contributed by atoms with Crippen LogP contribution in [0.5, 0.6) is 0 Å². The molecule has 1 aromatic rings. The Morgan fingerprint density at radius 1 is 1.43 bits per heavy atom. The lowest BCUT2D eigenvalue weighted by Crippen LogP contribution is -2.28. The van der Waals surface area contributed by atoms with E-state index in [1.165, 1.54) is 0 Å². The Morgan fingerprint density at radius 3 is 2.57 bits per heavy atom. The van der Waals surface area contributed by atoms with Crippen molar-refractivity contribution in [2.45, 2.75) is 32.7 Å². The molecule has 126 valence electrons. The molecule has 0 saturated carbocycles. The Kier molecular flexibility index (Phi) is 10.7. The predicted molar refractivity (Wildman–Crippen MR) is 86.8 cm³/mol. The quantitative estimate of drug-likeness (QED) is 0.513. The number of ether oxygens (including phenoxy) is 1. The van der Waals surface area contributed by atoms with E-state index in [0.29, 0.717) is 0 Å². The van der Waals surface area contributed by atoms with Crippen LogP contribution in [0.15, 0.2) is 24.3 Å². The van der Waals surface area contributed by atoms with Crippen LogP contribution in [0.25, 0.3) is 0 Å². The molecule has 1 aromatic carbocycles. The van der Waals surface area contributed by atoms with E-state index in [1.54, 1.807) is 6.92 Å². The number of rotatable bonds is 7. The van der Waals surface area contributed by atoms with Crippen molar-refractivity contribution in [1.82, 2.24) is 0 Å². The topological polar surface area (TPSA) is 125 Å². The molecular weight excluding hydrogens is 298 g/mol. The fourth-order valence-corrected chi connectivity index (χ4v) is 1.58. The number of carboxylic acid groups (broad SMARTS) is 1. The van der Waals surface area contributed by atoms with Crippen LogP contribution in [0.4, 0.5) is 5.69 Å². The maximum absolute atomic E-state index is 11.6. The van der Waals surface area contributed by atoms with Gasteiger partial charge in [-0.3, -0.25) is 4.79 Å². The molecule has 7 heteroatoms. The number of carboxylic acids is 1. The summed E-state index contributed by atoms with van der Waals surface area (Å²) in [6.07, 6.45) is 1.13. The third kappa shape index (κ3) is 9.11. The molecule has 0 saturated heterocycles. The van der Waals surface area contributed by atoms with Crippen LogP contribution in [0, 0.1) is 11.3 Å². The van der Waals surface area contributed by atoms with E-state index >= 15 is 0 Å². The van der Waals surface area contributed by atoms with Crippen LogP contribution in [0.3, 0.4) is 0 Å². The first-order valence-electron chi connectivity index (χ1n) is 7.26.